The molecule has 0 aliphatic carbocycles. The van der Waals surface area contributed by atoms with Crippen LogP contribution in [-0.4, -0.2) is 35.0 Å². The fraction of sp³-hybridized carbons (Fsp3) is 0.259. The summed E-state index contributed by atoms with van der Waals surface area (Å²) in [5.41, 5.74) is 0.753. The first-order valence-corrected chi connectivity index (χ1v) is 13.5. The summed E-state index contributed by atoms with van der Waals surface area (Å²) >= 11 is 0. The van der Waals surface area contributed by atoms with E-state index in [0.717, 1.165) is 17.2 Å². The standard InChI is InChI=1S/C27H28FN3O5S/c1-4-5-13-37(35,36)31(34)23-8-6-7-20(24(23)28)25(32)22-16-30-26-21(22)14-18(15-29-26)17-9-11-19(12-10-17)27(2,3)33/h6-12,14-16,31,33H,4-5,13H2,1-3H3,(H,29,30). The number of ketones is 1. The quantitative estimate of drug-likeness (QED) is 0.224. The van der Waals surface area contributed by atoms with Gasteiger partial charge in [0.1, 0.15) is 11.4 Å². The molecule has 0 saturated carbocycles. The molecule has 10 heteroatoms. The molecule has 0 aliphatic rings. The Bertz CT molecular complexity index is 1560. The third-order valence-corrected chi connectivity index (χ3v) is 7.82. The number of quaternary nitrogens is 1. The molecule has 1 atom stereocenters. The van der Waals surface area contributed by atoms with Crippen LogP contribution in [0.4, 0.5) is 10.1 Å². The van der Waals surface area contributed by atoms with Crippen LogP contribution < -0.4 is 4.47 Å². The maximum Gasteiger partial charge on any atom is 0.300 e. The van der Waals surface area contributed by atoms with Crippen LogP contribution in [0.1, 0.15) is 55.1 Å². The first kappa shape index (κ1) is 26.6. The highest BCUT2D eigenvalue weighted by atomic mass is 32.2. The molecule has 8 nitrogen and oxygen atoms in total. The summed E-state index contributed by atoms with van der Waals surface area (Å²) in [5, 5.41) is 23.2. The van der Waals surface area contributed by atoms with Gasteiger partial charge in [-0.3, -0.25) is 4.79 Å². The Morgan fingerprint density at radius 1 is 1.14 bits per heavy atom. The predicted molar refractivity (Wildman–Crippen MR) is 139 cm³/mol. The Hall–Kier alpha value is -3.44. The van der Waals surface area contributed by atoms with Crippen LogP contribution in [0.15, 0.2) is 60.9 Å². The molecule has 2 heterocycles. The Kier molecular flexibility index (Phi) is 7.29. The number of pyridine rings is 1. The van der Waals surface area contributed by atoms with E-state index in [2.05, 4.69) is 9.97 Å². The van der Waals surface area contributed by atoms with Gasteiger partial charge in [0.25, 0.3) is 10.0 Å². The van der Waals surface area contributed by atoms with Gasteiger partial charge in [-0.1, -0.05) is 43.7 Å². The number of sulfonamides is 1. The Balaban J connectivity index is 1.71. The van der Waals surface area contributed by atoms with Gasteiger partial charge < -0.3 is 15.3 Å². The Morgan fingerprint density at radius 2 is 1.84 bits per heavy atom. The van der Waals surface area contributed by atoms with E-state index < -0.39 is 42.9 Å². The molecular weight excluding hydrogens is 497 g/mol. The molecule has 2 aromatic heterocycles. The van der Waals surface area contributed by atoms with E-state index in [0.29, 0.717) is 23.0 Å². The second-order valence-corrected chi connectivity index (χ2v) is 11.4. The van der Waals surface area contributed by atoms with Gasteiger partial charge >= 0.3 is 0 Å². The van der Waals surface area contributed by atoms with Crippen molar-refractivity contribution in [1.29, 1.82) is 0 Å². The van der Waals surface area contributed by atoms with Gasteiger partial charge in [0, 0.05) is 35.0 Å². The van der Waals surface area contributed by atoms with Crippen molar-refractivity contribution in [2.45, 2.75) is 39.2 Å². The second-order valence-electron chi connectivity index (χ2n) is 9.42. The summed E-state index contributed by atoms with van der Waals surface area (Å²) in [6.45, 7) is 5.16. The average molecular weight is 526 g/mol. The molecule has 0 saturated heterocycles. The molecule has 0 spiro atoms. The van der Waals surface area contributed by atoms with Gasteiger partial charge in [0.05, 0.1) is 11.2 Å². The number of rotatable bonds is 9. The van der Waals surface area contributed by atoms with Crippen molar-refractivity contribution in [2.24, 2.45) is 0 Å². The summed E-state index contributed by atoms with van der Waals surface area (Å²) in [6.07, 6.45) is 3.88. The molecule has 1 unspecified atom stereocenters. The minimum Gasteiger partial charge on any atom is -0.613 e. The largest absolute Gasteiger partial charge is 0.613 e. The van der Waals surface area contributed by atoms with E-state index in [9.17, 15) is 23.5 Å². The fourth-order valence-corrected chi connectivity index (χ4v) is 5.37. The van der Waals surface area contributed by atoms with Gasteiger partial charge in [-0.25, -0.2) is 9.45 Å². The molecule has 194 valence electrons. The van der Waals surface area contributed by atoms with Crippen LogP contribution in [0, 0.1) is 11.0 Å². The van der Waals surface area contributed by atoms with Crippen molar-refractivity contribution >= 4 is 32.5 Å². The summed E-state index contributed by atoms with van der Waals surface area (Å²) in [4.78, 5) is 20.6. The first-order valence-electron chi connectivity index (χ1n) is 11.8. The highest BCUT2D eigenvalue weighted by Crippen LogP contribution is 2.29. The number of aliphatic hydroxyl groups is 1. The van der Waals surface area contributed by atoms with Crippen LogP contribution in [0.5, 0.6) is 0 Å². The van der Waals surface area contributed by atoms with Crippen LogP contribution >= 0.6 is 0 Å². The molecule has 0 bridgehead atoms. The molecular formula is C27H28FN3O5S. The number of H-pyrrole nitrogens is 1. The van der Waals surface area contributed by atoms with Crippen molar-refractivity contribution < 1.29 is 27.2 Å². The molecule has 0 fully saturated rings. The third-order valence-electron chi connectivity index (χ3n) is 6.21. The minimum absolute atomic E-state index is 0.134. The number of hydrogen-bond acceptors (Lipinski definition) is 6. The lowest BCUT2D eigenvalue weighted by atomic mass is 9.95. The van der Waals surface area contributed by atoms with Gasteiger partial charge in [0.2, 0.25) is 0 Å². The molecule has 0 aliphatic heterocycles. The Labute approximate surface area is 214 Å². The lowest BCUT2D eigenvalue weighted by molar-refractivity contribution is -0.626. The topological polar surface area (TPSA) is 128 Å². The summed E-state index contributed by atoms with van der Waals surface area (Å²) < 4.78 is 38.7. The number of nitrogens with one attached hydrogen (secondary N) is 2. The number of unbranched alkanes of at least 4 members (excludes halogenated alkanes) is 1. The maximum absolute atomic E-state index is 15.3. The second kappa shape index (κ2) is 10.1. The first-order chi connectivity index (χ1) is 17.4. The van der Waals surface area contributed by atoms with E-state index in [1.807, 2.05) is 12.1 Å². The van der Waals surface area contributed by atoms with Crippen molar-refractivity contribution in [3.8, 4) is 11.1 Å². The number of aromatic nitrogens is 2. The van der Waals surface area contributed by atoms with E-state index in [4.69, 9.17) is 0 Å². The average Bonchev–Trinajstić information content (AvgIpc) is 3.30. The number of carbonyl (C=O) groups excluding carboxylic acids is 1. The van der Waals surface area contributed by atoms with Crippen molar-refractivity contribution in [3.05, 3.63) is 88.6 Å². The molecule has 0 amide bonds. The number of nitrogens with zero attached hydrogens (tertiary/aromatic N) is 1. The zero-order valence-electron chi connectivity index (χ0n) is 20.7. The van der Waals surface area contributed by atoms with Crippen molar-refractivity contribution in [1.82, 2.24) is 9.97 Å². The molecule has 4 aromatic rings. The maximum atomic E-state index is 15.3. The van der Waals surface area contributed by atoms with Gasteiger partial charge in [-0.15, -0.1) is 0 Å². The van der Waals surface area contributed by atoms with Crippen LogP contribution in [-0.2, 0) is 15.6 Å². The predicted octanol–water partition coefficient (Wildman–Crippen LogP) is 3.97. The Morgan fingerprint density at radius 3 is 2.49 bits per heavy atom. The normalized spacial score (nSPS) is 13.1. The number of benzene rings is 2. The molecule has 3 N–H and O–H groups in total. The SMILES string of the molecule is CCCCS(=O)(=O)[NH+]([O-])c1cccc(C(=O)c2c[nH]c3ncc(-c4ccc(C(C)(C)O)cc4)cc23)c1F. The minimum atomic E-state index is -4.20. The zero-order valence-corrected chi connectivity index (χ0v) is 21.5. The molecule has 0 radical (unpaired) electrons. The number of carbonyl (C=O) groups is 1. The highest BCUT2D eigenvalue weighted by Gasteiger charge is 2.28. The monoisotopic (exact) mass is 525 g/mol. The highest BCUT2D eigenvalue weighted by molar-refractivity contribution is 7.85. The van der Waals surface area contributed by atoms with Crippen molar-refractivity contribution in [2.75, 3.05) is 5.75 Å². The fourth-order valence-electron chi connectivity index (χ4n) is 4.02. The van der Waals surface area contributed by atoms with Crippen LogP contribution in [0.3, 0.4) is 0 Å². The molecule has 37 heavy (non-hydrogen) atoms. The number of fused-ring (bicyclic) bond motifs is 1. The number of halogens is 1. The smallest absolute Gasteiger partial charge is 0.300 e. The summed E-state index contributed by atoms with van der Waals surface area (Å²) in [7, 11) is -4.20. The van der Waals surface area contributed by atoms with Gasteiger partial charge in [0.15, 0.2) is 17.3 Å². The van der Waals surface area contributed by atoms with Crippen LogP contribution in [0.25, 0.3) is 22.2 Å². The molecule has 4 rings (SSSR count). The van der Waals surface area contributed by atoms with Crippen molar-refractivity contribution in [3.63, 3.8) is 0 Å². The van der Waals surface area contributed by atoms with E-state index in [1.165, 1.54) is 18.3 Å². The third kappa shape index (κ3) is 5.33. The van der Waals surface area contributed by atoms with Gasteiger partial charge in [-0.2, -0.15) is 12.8 Å². The number of aromatic amines is 1. The lowest BCUT2D eigenvalue weighted by Crippen LogP contribution is -3.05. The van der Waals surface area contributed by atoms with E-state index >= 15 is 4.39 Å². The van der Waals surface area contributed by atoms with E-state index in [1.54, 1.807) is 45.2 Å². The van der Waals surface area contributed by atoms with Crippen LogP contribution in [0.2, 0.25) is 0 Å². The number of hydrogen-bond donors (Lipinski definition) is 3. The van der Waals surface area contributed by atoms with E-state index in [-0.39, 0.29) is 17.7 Å². The summed E-state index contributed by atoms with van der Waals surface area (Å²) in [6, 6.07) is 12.6. The summed E-state index contributed by atoms with van der Waals surface area (Å²) in [5.74, 6) is -2.26. The van der Waals surface area contributed by atoms with Gasteiger partial charge in [-0.05, 0) is 43.5 Å². The zero-order chi connectivity index (χ0) is 27.0. The lowest BCUT2D eigenvalue weighted by Gasteiger charge is -2.21. The molecule has 2 aromatic carbocycles.